The van der Waals surface area contributed by atoms with Gasteiger partial charge in [0, 0.05) is 12.5 Å². The number of carbonyl (C=O) groups is 3. The molecule has 2 heterocycles. The Labute approximate surface area is 166 Å². The van der Waals surface area contributed by atoms with E-state index in [1.54, 1.807) is 0 Å². The second-order valence-electron chi connectivity index (χ2n) is 9.99. The highest BCUT2D eigenvalue weighted by Gasteiger charge is 2.56. The SMILES string of the molecule is CC(C)COC(=O)N[C@H](C(=O)N1C[C@@H]2OC(C)(C)C[C@@H]2[C@H]1C(=O)O)C(C)(C)C. The van der Waals surface area contributed by atoms with Gasteiger partial charge in [-0.15, -0.1) is 0 Å². The average molecular weight is 399 g/mol. The number of carbonyl (C=O) groups excluding carboxylic acids is 2. The van der Waals surface area contributed by atoms with Gasteiger partial charge in [0.25, 0.3) is 0 Å². The standard InChI is InChI=1S/C20H34N2O6/c1-11(2)10-27-18(26)21-15(19(3,4)5)16(23)22-9-13-12(14(22)17(24)25)8-20(6,7)28-13/h11-15H,8-10H2,1-7H3,(H,21,26)(H,24,25)/t12-,13-,14-,15+/m0/s1. The molecule has 28 heavy (non-hydrogen) atoms. The Kier molecular flexibility index (Phi) is 6.33. The quantitative estimate of drug-likeness (QED) is 0.736. The predicted molar refractivity (Wildman–Crippen MR) is 103 cm³/mol. The van der Waals surface area contributed by atoms with Gasteiger partial charge in [0.05, 0.1) is 18.3 Å². The van der Waals surface area contributed by atoms with E-state index in [1.165, 1.54) is 4.90 Å². The predicted octanol–water partition coefficient (Wildman–Crippen LogP) is 2.26. The second kappa shape index (κ2) is 7.89. The maximum Gasteiger partial charge on any atom is 0.407 e. The first-order valence-electron chi connectivity index (χ1n) is 9.87. The molecule has 0 unspecified atom stereocenters. The number of nitrogens with one attached hydrogen (secondary N) is 1. The van der Waals surface area contributed by atoms with E-state index in [4.69, 9.17) is 9.47 Å². The minimum Gasteiger partial charge on any atom is -0.480 e. The molecular weight excluding hydrogens is 364 g/mol. The number of nitrogens with zero attached hydrogens (tertiary/aromatic N) is 1. The molecular formula is C20H34N2O6. The van der Waals surface area contributed by atoms with Crippen molar-refractivity contribution in [2.45, 2.75) is 78.7 Å². The molecule has 8 nitrogen and oxygen atoms in total. The van der Waals surface area contributed by atoms with Gasteiger partial charge in [-0.1, -0.05) is 34.6 Å². The smallest absolute Gasteiger partial charge is 0.407 e. The number of carboxylic acid groups (broad SMARTS) is 1. The van der Waals surface area contributed by atoms with E-state index in [0.717, 1.165) is 0 Å². The van der Waals surface area contributed by atoms with Crippen LogP contribution in [0, 0.1) is 17.3 Å². The van der Waals surface area contributed by atoms with E-state index in [9.17, 15) is 19.5 Å². The Morgan fingerprint density at radius 2 is 1.89 bits per heavy atom. The second-order valence-corrected chi connectivity index (χ2v) is 9.99. The van der Waals surface area contributed by atoms with Gasteiger partial charge < -0.3 is 24.8 Å². The highest BCUT2D eigenvalue weighted by atomic mass is 16.5. The van der Waals surface area contributed by atoms with E-state index in [2.05, 4.69) is 5.32 Å². The first kappa shape index (κ1) is 22.5. The zero-order chi connectivity index (χ0) is 21.4. The minimum atomic E-state index is -1.04. The topological polar surface area (TPSA) is 105 Å². The van der Waals surface area contributed by atoms with Crippen LogP contribution in [0.4, 0.5) is 4.79 Å². The lowest BCUT2D eigenvalue weighted by atomic mass is 9.85. The Morgan fingerprint density at radius 1 is 1.29 bits per heavy atom. The van der Waals surface area contributed by atoms with Gasteiger partial charge in [-0.2, -0.15) is 0 Å². The van der Waals surface area contributed by atoms with Crippen LogP contribution in [-0.4, -0.2) is 64.9 Å². The molecule has 0 aliphatic carbocycles. The number of fused-ring (bicyclic) bond motifs is 1. The highest BCUT2D eigenvalue weighted by molar-refractivity contribution is 5.90. The van der Waals surface area contributed by atoms with Crippen LogP contribution in [0.3, 0.4) is 0 Å². The van der Waals surface area contributed by atoms with Crippen molar-refractivity contribution in [3.8, 4) is 0 Å². The van der Waals surface area contributed by atoms with Crippen molar-refractivity contribution in [1.82, 2.24) is 10.2 Å². The van der Waals surface area contributed by atoms with Crippen molar-refractivity contribution in [2.75, 3.05) is 13.2 Å². The third-order valence-corrected chi connectivity index (χ3v) is 5.25. The summed E-state index contributed by atoms with van der Waals surface area (Å²) in [5.41, 5.74) is -1.02. The van der Waals surface area contributed by atoms with E-state index < -0.39 is 41.1 Å². The third kappa shape index (κ3) is 4.96. The van der Waals surface area contributed by atoms with Crippen molar-refractivity contribution >= 4 is 18.0 Å². The molecule has 0 aromatic rings. The molecule has 0 bridgehead atoms. The Bertz CT molecular complexity index is 625. The fraction of sp³-hybridized carbons (Fsp3) is 0.850. The molecule has 2 N–H and O–H groups in total. The molecule has 2 saturated heterocycles. The molecule has 2 aliphatic heterocycles. The van der Waals surface area contributed by atoms with Crippen LogP contribution in [0.25, 0.3) is 0 Å². The lowest BCUT2D eigenvalue weighted by Gasteiger charge is -2.35. The van der Waals surface area contributed by atoms with Gasteiger partial charge in [-0.3, -0.25) is 4.79 Å². The summed E-state index contributed by atoms with van der Waals surface area (Å²) in [6.07, 6.45) is -0.415. The average Bonchev–Trinajstić information content (AvgIpc) is 3.00. The molecule has 0 saturated carbocycles. The van der Waals surface area contributed by atoms with Gasteiger partial charge in [-0.25, -0.2) is 9.59 Å². The van der Waals surface area contributed by atoms with Crippen LogP contribution in [-0.2, 0) is 19.1 Å². The number of hydrogen-bond acceptors (Lipinski definition) is 5. The molecule has 2 amide bonds. The lowest BCUT2D eigenvalue weighted by molar-refractivity contribution is -0.151. The van der Waals surface area contributed by atoms with Gasteiger partial charge in [0.15, 0.2) is 0 Å². The third-order valence-electron chi connectivity index (χ3n) is 5.25. The van der Waals surface area contributed by atoms with Crippen LogP contribution in [0.1, 0.15) is 54.9 Å². The summed E-state index contributed by atoms with van der Waals surface area (Å²) in [4.78, 5) is 38.8. The molecule has 4 atom stereocenters. The maximum absolute atomic E-state index is 13.3. The van der Waals surface area contributed by atoms with E-state index in [0.29, 0.717) is 6.42 Å². The number of amides is 2. The van der Waals surface area contributed by atoms with Crippen molar-refractivity contribution < 1.29 is 29.0 Å². The summed E-state index contributed by atoms with van der Waals surface area (Å²) in [5.74, 6) is -1.55. The fourth-order valence-corrected chi connectivity index (χ4v) is 4.03. The first-order valence-corrected chi connectivity index (χ1v) is 9.87. The number of ether oxygens (including phenoxy) is 2. The Hall–Kier alpha value is -1.83. The van der Waals surface area contributed by atoms with Crippen molar-refractivity contribution in [2.24, 2.45) is 17.3 Å². The highest BCUT2D eigenvalue weighted by Crippen LogP contribution is 2.43. The summed E-state index contributed by atoms with van der Waals surface area (Å²) in [6.45, 7) is 13.6. The van der Waals surface area contributed by atoms with Gasteiger partial charge >= 0.3 is 12.1 Å². The summed E-state index contributed by atoms with van der Waals surface area (Å²) < 4.78 is 11.1. The summed E-state index contributed by atoms with van der Waals surface area (Å²) >= 11 is 0. The first-order chi connectivity index (χ1) is 12.7. The minimum absolute atomic E-state index is 0.171. The van der Waals surface area contributed by atoms with E-state index >= 15 is 0 Å². The number of alkyl carbamates (subject to hydrolysis) is 1. The number of hydrogen-bond donors (Lipinski definition) is 2. The molecule has 0 aromatic carbocycles. The number of likely N-dealkylation sites (tertiary alicyclic amines) is 1. The van der Waals surface area contributed by atoms with E-state index in [-0.39, 0.29) is 31.1 Å². The normalized spacial score (nSPS) is 27.4. The van der Waals surface area contributed by atoms with E-state index in [1.807, 2.05) is 48.5 Å². The molecule has 0 radical (unpaired) electrons. The summed E-state index contributed by atoms with van der Waals surface area (Å²) in [6, 6.07) is -1.86. The monoisotopic (exact) mass is 398 g/mol. The van der Waals surface area contributed by atoms with Crippen LogP contribution in [0.5, 0.6) is 0 Å². The lowest BCUT2D eigenvalue weighted by Crippen LogP contribution is -2.57. The molecule has 8 heteroatoms. The summed E-state index contributed by atoms with van der Waals surface area (Å²) in [5, 5.41) is 12.4. The van der Waals surface area contributed by atoms with Gasteiger partial charge in [-0.05, 0) is 31.6 Å². The number of aliphatic carboxylic acids is 1. The molecule has 0 aromatic heterocycles. The largest absolute Gasteiger partial charge is 0.480 e. The molecule has 2 rings (SSSR count). The van der Waals surface area contributed by atoms with Crippen molar-refractivity contribution in [1.29, 1.82) is 0 Å². The van der Waals surface area contributed by atoms with Gasteiger partial charge in [0.2, 0.25) is 5.91 Å². The molecule has 0 spiro atoms. The summed E-state index contributed by atoms with van der Waals surface area (Å²) in [7, 11) is 0. The zero-order valence-corrected chi connectivity index (χ0v) is 17.9. The number of carboxylic acids is 1. The number of rotatable bonds is 5. The Balaban J connectivity index is 2.19. The maximum atomic E-state index is 13.3. The van der Waals surface area contributed by atoms with Gasteiger partial charge in [0.1, 0.15) is 12.1 Å². The zero-order valence-electron chi connectivity index (χ0n) is 17.9. The Morgan fingerprint density at radius 3 is 2.39 bits per heavy atom. The van der Waals surface area contributed by atoms with Crippen molar-refractivity contribution in [3.63, 3.8) is 0 Å². The van der Waals surface area contributed by atoms with Crippen LogP contribution in [0.2, 0.25) is 0 Å². The molecule has 2 fully saturated rings. The fourth-order valence-electron chi connectivity index (χ4n) is 4.03. The van der Waals surface area contributed by atoms with Crippen LogP contribution >= 0.6 is 0 Å². The molecule has 160 valence electrons. The van der Waals surface area contributed by atoms with Crippen LogP contribution < -0.4 is 5.32 Å². The van der Waals surface area contributed by atoms with Crippen LogP contribution in [0.15, 0.2) is 0 Å². The molecule has 2 aliphatic rings. The van der Waals surface area contributed by atoms with Crippen molar-refractivity contribution in [3.05, 3.63) is 0 Å².